The van der Waals surface area contributed by atoms with Gasteiger partial charge in [-0.25, -0.2) is 4.98 Å². The molecule has 1 aromatic heterocycles. The second-order valence-corrected chi connectivity index (χ2v) is 6.16. The number of ether oxygens (including phenoxy) is 2. The summed E-state index contributed by atoms with van der Waals surface area (Å²) in [6.45, 7) is 2.47. The number of nitrogens with zero attached hydrogens (tertiary/aromatic N) is 1. The van der Waals surface area contributed by atoms with Gasteiger partial charge in [0.05, 0.1) is 0 Å². The third kappa shape index (κ3) is 5.76. The highest BCUT2D eigenvalue weighted by Gasteiger charge is 2.04. The Labute approximate surface area is 158 Å². The van der Waals surface area contributed by atoms with Crippen molar-refractivity contribution in [2.24, 2.45) is 0 Å². The lowest BCUT2D eigenvalue weighted by molar-refractivity contribution is 0.295. The summed E-state index contributed by atoms with van der Waals surface area (Å²) in [6, 6.07) is 21.3. The van der Waals surface area contributed by atoms with Crippen LogP contribution in [0.2, 0.25) is 5.02 Å². The lowest BCUT2D eigenvalue weighted by Gasteiger charge is -2.12. The maximum atomic E-state index is 6.02. The molecule has 0 aliphatic heterocycles. The summed E-state index contributed by atoms with van der Waals surface area (Å²) in [5.74, 6) is 1.50. The number of hydrogen-bond donors (Lipinski definition) is 1. The van der Waals surface area contributed by atoms with Crippen molar-refractivity contribution in [2.45, 2.75) is 13.2 Å². The Morgan fingerprint density at radius 1 is 0.923 bits per heavy atom. The van der Waals surface area contributed by atoms with E-state index < -0.39 is 0 Å². The van der Waals surface area contributed by atoms with Crippen molar-refractivity contribution >= 4 is 11.6 Å². The van der Waals surface area contributed by atoms with Crippen LogP contribution in [0.5, 0.6) is 11.6 Å². The third-order valence-electron chi connectivity index (χ3n) is 3.74. The molecule has 0 radical (unpaired) electrons. The van der Waals surface area contributed by atoms with Crippen LogP contribution < -0.4 is 14.8 Å². The van der Waals surface area contributed by atoms with Crippen molar-refractivity contribution in [3.8, 4) is 11.6 Å². The number of para-hydroxylation sites is 1. The molecule has 0 saturated heterocycles. The number of aromatic nitrogens is 1. The minimum atomic E-state index is 0.486. The van der Waals surface area contributed by atoms with Gasteiger partial charge in [0.15, 0.2) is 0 Å². The van der Waals surface area contributed by atoms with Gasteiger partial charge in [-0.15, -0.1) is 0 Å². The SMILES string of the molecule is Clc1cccc(COc2ccccc2CNCCOc2ccccn2)c1. The van der Waals surface area contributed by atoms with Gasteiger partial charge in [0.1, 0.15) is 19.0 Å². The van der Waals surface area contributed by atoms with E-state index in [4.69, 9.17) is 21.1 Å². The van der Waals surface area contributed by atoms with Crippen LogP contribution >= 0.6 is 11.6 Å². The smallest absolute Gasteiger partial charge is 0.213 e. The Bertz CT molecular complexity index is 812. The van der Waals surface area contributed by atoms with Crippen LogP contribution in [0.4, 0.5) is 0 Å². The molecule has 3 rings (SSSR count). The van der Waals surface area contributed by atoms with E-state index in [1.54, 1.807) is 6.20 Å². The molecular weight excluding hydrogens is 348 g/mol. The van der Waals surface area contributed by atoms with E-state index in [9.17, 15) is 0 Å². The molecule has 0 bridgehead atoms. The van der Waals surface area contributed by atoms with Crippen molar-refractivity contribution in [3.05, 3.63) is 89.1 Å². The van der Waals surface area contributed by atoms with E-state index in [1.165, 1.54) is 0 Å². The van der Waals surface area contributed by atoms with E-state index in [0.717, 1.165) is 23.4 Å². The van der Waals surface area contributed by atoms with Gasteiger partial charge in [0, 0.05) is 35.9 Å². The van der Waals surface area contributed by atoms with Crippen LogP contribution in [-0.2, 0) is 13.2 Å². The maximum Gasteiger partial charge on any atom is 0.213 e. The molecule has 0 amide bonds. The first-order chi connectivity index (χ1) is 12.8. The molecule has 0 saturated carbocycles. The first-order valence-electron chi connectivity index (χ1n) is 8.51. The van der Waals surface area contributed by atoms with Crippen LogP contribution in [0.3, 0.4) is 0 Å². The molecule has 0 atom stereocenters. The fraction of sp³-hybridized carbons (Fsp3) is 0.190. The zero-order valence-electron chi connectivity index (χ0n) is 14.4. The van der Waals surface area contributed by atoms with Crippen LogP contribution in [0.1, 0.15) is 11.1 Å². The second kappa shape index (κ2) is 9.80. The molecule has 5 heteroatoms. The fourth-order valence-electron chi connectivity index (χ4n) is 2.46. The Balaban J connectivity index is 1.46. The zero-order valence-corrected chi connectivity index (χ0v) is 15.2. The highest BCUT2D eigenvalue weighted by atomic mass is 35.5. The highest BCUT2D eigenvalue weighted by Crippen LogP contribution is 2.20. The predicted molar refractivity (Wildman–Crippen MR) is 104 cm³/mol. The van der Waals surface area contributed by atoms with Crippen molar-refractivity contribution < 1.29 is 9.47 Å². The van der Waals surface area contributed by atoms with E-state index in [2.05, 4.69) is 16.4 Å². The van der Waals surface area contributed by atoms with E-state index in [0.29, 0.717) is 30.7 Å². The van der Waals surface area contributed by atoms with Gasteiger partial charge >= 0.3 is 0 Å². The molecule has 2 aromatic carbocycles. The number of rotatable bonds is 9. The maximum absolute atomic E-state index is 6.02. The minimum absolute atomic E-state index is 0.486. The van der Waals surface area contributed by atoms with E-state index >= 15 is 0 Å². The average molecular weight is 369 g/mol. The van der Waals surface area contributed by atoms with Crippen molar-refractivity contribution in [1.29, 1.82) is 0 Å². The van der Waals surface area contributed by atoms with Crippen molar-refractivity contribution in [3.63, 3.8) is 0 Å². The molecule has 1 heterocycles. The Hall–Kier alpha value is -2.56. The topological polar surface area (TPSA) is 43.4 Å². The first kappa shape index (κ1) is 18.2. The number of pyridine rings is 1. The van der Waals surface area contributed by atoms with Crippen LogP contribution in [0, 0.1) is 0 Å². The number of benzene rings is 2. The number of hydrogen-bond acceptors (Lipinski definition) is 4. The molecule has 26 heavy (non-hydrogen) atoms. The predicted octanol–water partition coefficient (Wildman–Crippen LogP) is 4.48. The standard InChI is InChI=1S/C21H21ClN2O2/c22-19-8-5-6-17(14-19)16-26-20-9-2-1-7-18(20)15-23-12-13-25-21-10-3-4-11-24-21/h1-11,14,23H,12-13,15-16H2. The van der Waals surface area contributed by atoms with Crippen molar-refractivity contribution in [1.82, 2.24) is 10.3 Å². The normalized spacial score (nSPS) is 10.5. The second-order valence-electron chi connectivity index (χ2n) is 5.72. The molecule has 134 valence electrons. The molecule has 3 aromatic rings. The first-order valence-corrected chi connectivity index (χ1v) is 8.89. The summed E-state index contributed by atoms with van der Waals surface area (Å²) < 4.78 is 11.5. The van der Waals surface area contributed by atoms with Crippen LogP contribution in [-0.4, -0.2) is 18.1 Å². The quantitative estimate of drug-likeness (QED) is 0.565. The Morgan fingerprint density at radius 3 is 2.65 bits per heavy atom. The Morgan fingerprint density at radius 2 is 1.81 bits per heavy atom. The van der Waals surface area contributed by atoms with Gasteiger partial charge in [0.2, 0.25) is 5.88 Å². The summed E-state index contributed by atoms with van der Waals surface area (Å²) >= 11 is 6.02. The lowest BCUT2D eigenvalue weighted by Crippen LogP contribution is -2.21. The highest BCUT2D eigenvalue weighted by molar-refractivity contribution is 6.30. The van der Waals surface area contributed by atoms with Gasteiger partial charge < -0.3 is 14.8 Å². The summed E-state index contributed by atoms with van der Waals surface area (Å²) in [7, 11) is 0. The van der Waals surface area contributed by atoms with Gasteiger partial charge in [0.25, 0.3) is 0 Å². The molecule has 4 nitrogen and oxygen atoms in total. The van der Waals surface area contributed by atoms with Gasteiger partial charge in [-0.2, -0.15) is 0 Å². The fourth-order valence-corrected chi connectivity index (χ4v) is 2.67. The minimum Gasteiger partial charge on any atom is -0.489 e. The molecular formula is C21H21ClN2O2. The summed E-state index contributed by atoms with van der Waals surface area (Å²) in [5, 5.41) is 4.08. The summed E-state index contributed by atoms with van der Waals surface area (Å²) in [5.41, 5.74) is 2.15. The van der Waals surface area contributed by atoms with Gasteiger partial charge in [-0.1, -0.05) is 48.0 Å². The van der Waals surface area contributed by atoms with Gasteiger partial charge in [-0.05, 0) is 29.8 Å². The monoisotopic (exact) mass is 368 g/mol. The average Bonchev–Trinajstić information content (AvgIpc) is 2.68. The molecule has 0 fully saturated rings. The number of nitrogens with one attached hydrogen (secondary N) is 1. The molecule has 0 aliphatic carbocycles. The van der Waals surface area contributed by atoms with Crippen LogP contribution in [0.25, 0.3) is 0 Å². The van der Waals surface area contributed by atoms with E-state index in [1.807, 2.05) is 60.7 Å². The van der Waals surface area contributed by atoms with Crippen LogP contribution in [0.15, 0.2) is 72.9 Å². The number of halogens is 1. The Kier molecular flexibility index (Phi) is 6.88. The van der Waals surface area contributed by atoms with Crippen molar-refractivity contribution in [2.75, 3.05) is 13.2 Å². The molecule has 0 spiro atoms. The summed E-state index contributed by atoms with van der Waals surface area (Å²) in [6.07, 6.45) is 1.72. The van der Waals surface area contributed by atoms with Gasteiger partial charge in [-0.3, -0.25) is 0 Å². The zero-order chi connectivity index (χ0) is 18.0. The summed E-state index contributed by atoms with van der Waals surface area (Å²) in [4.78, 5) is 4.13. The largest absolute Gasteiger partial charge is 0.489 e. The molecule has 1 N–H and O–H groups in total. The molecule has 0 unspecified atom stereocenters. The molecule has 0 aliphatic rings. The lowest BCUT2D eigenvalue weighted by atomic mass is 10.2. The van der Waals surface area contributed by atoms with E-state index in [-0.39, 0.29) is 0 Å². The third-order valence-corrected chi connectivity index (χ3v) is 3.97.